The number of aliphatic carboxylic acids is 1. The number of ether oxygens (including phenoxy) is 5. The molecule has 23 nitrogen and oxygen atoms in total. The van der Waals surface area contributed by atoms with E-state index in [9.17, 15) is 39.0 Å². The van der Waals surface area contributed by atoms with Gasteiger partial charge in [0.15, 0.2) is 0 Å². The Kier molecular flexibility index (Phi) is 26.9. The fourth-order valence-electron chi connectivity index (χ4n) is 15.5. The average Bonchev–Trinajstić information content (AvgIpc) is 1.61. The van der Waals surface area contributed by atoms with Crippen LogP contribution in [0.15, 0.2) is 124 Å². The second-order valence-electron chi connectivity index (χ2n) is 26.3. The molecule has 2 amide bonds. The standard InChI is InChI=1S/C26H30N2O5.C25H28N2O5.C22H23NO5.C4H9NO.Na.H2O/c1-31-26(30)19-7-8-21-22(15-19)28(16-23(29)27-10-13-32-14-11-27)25(20-9-12-33-17-20)24(21)18-5-3-2-4-6-18;28-22(26-9-12-31-13-10-26)15-27-21-14-18(25(29)30)6-7-20(21)23(17-4-2-1-3-5-17)24(27)19-8-11-32-16-19;1-27-22(26)15-7-8-17-18(11-15)23(12-19(24)25)21(16-9-10-28-13-16)20(17)14-5-3-2-4-6-14;1-3-6-4-2-5-1;;/h7-9,12,15,17-18H,2-6,10-11,13-14,16H2,1H3;6-8,11,14,16-17H,1-5,9-10,12-13,15H2,(H,29,30);7-11,13-14H,2-6,12H2,1H3,(H,24,25);5H,1-4H2;;1H2/q;;;;+1;/p-1. The molecule has 6 aliphatic rings. The Morgan fingerprint density at radius 2 is 0.772 bits per heavy atom. The largest absolute Gasteiger partial charge is 1.00 e. The van der Waals surface area contributed by atoms with Crippen LogP contribution >= 0.6 is 0 Å². The molecule has 0 spiro atoms. The fraction of sp³-hybridized carbons (Fsp3) is 0.455. The summed E-state index contributed by atoms with van der Waals surface area (Å²) >= 11 is 0. The van der Waals surface area contributed by atoms with E-state index in [0.717, 1.165) is 137 Å². The van der Waals surface area contributed by atoms with Gasteiger partial charge in [-0.05, 0) is 128 Å². The topological polar surface area (TPSA) is 292 Å². The Hall–Kier alpha value is -8.26. The summed E-state index contributed by atoms with van der Waals surface area (Å²) in [6.07, 6.45) is 27.5. The summed E-state index contributed by atoms with van der Waals surface area (Å²) < 4.78 is 47.7. The second-order valence-corrected chi connectivity index (χ2v) is 26.3. The van der Waals surface area contributed by atoms with Crippen molar-refractivity contribution in [3.63, 3.8) is 0 Å². The molecule has 24 heteroatoms. The van der Waals surface area contributed by atoms with Crippen LogP contribution < -0.4 is 34.9 Å². The zero-order chi connectivity index (χ0) is 68.8. The maximum Gasteiger partial charge on any atom is 1.00 e. The molecule has 101 heavy (non-hydrogen) atoms. The molecule has 6 aromatic heterocycles. The molecule has 0 bridgehead atoms. The van der Waals surface area contributed by atoms with E-state index in [0.29, 0.717) is 81.5 Å². The number of nitrogens with zero attached hydrogens (tertiary/aromatic N) is 5. The zero-order valence-electron chi connectivity index (χ0n) is 58.1. The monoisotopic (exact) mass is 1390 g/mol. The Morgan fingerprint density at radius 1 is 0.446 bits per heavy atom. The van der Waals surface area contributed by atoms with Crippen molar-refractivity contribution < 1.29 is 111 Å². The number of morpholine rings is 3. The molecular formula is C77H91N6NaO17. The van der Waals surface area contributed by atoms with Crippen molar-refractivity contribution in [3.05, 3.63) is 144 Å². The van der Waals surface area contributed by atoms with Gasteiger partial charge >= 0.3 is 53.4 Å². The molecule has 6 fully saturated rings. The van der Waals surface area contributed by atoms with E-state index < -0.39 is 17.9 Å². The van der Waals surface area contributed by atoms with Gasteiger partial charge in [0.2, 0.25) is 11.8 Å². The van der Waals surface area contributed by atoms with Crippen molar-refractivity contribution in [2.24, 2.45) is 0 Å². The number of hydrogen-bond acceptors (Lipinski definition) is 16. The van der Waals surface area contributed by atoms with Crippen LogP contribution in [0.1, 0.15) is 162 Å². The molecule has 0 radical (unpaired) electrons. The first-order valence-corrected chi connectivity index (χ1v) is 35.1. The van der Waals surface area contributed by atoms with E-state index in [-0.39, 0.29) is 78.0 Å². The van der Waals surface area contributed by atoms with Crippen molar-refractivity contribution in [1.82, 2.24) is 28.8 Å². The van der Waals surface area contributed by atoms with E-state index in [1.165, 1.54) is 83.1 Å². The summed E-state index contributed by atoms with van der Waals surface area (Å²) in [6, 6.07) is 22.2. The number of fused-ring (bicyclic) bond motifs is 3. The number of amides is 2. The van der Waals surface area contributed by atoms with Gasteiger partial charge in [-0.3, -0.25) is 14.4 Å². The number of methoxy groups -OCH3 is 2. The number of aromatic carboxylic acids is 1. The minimum absolute atomic E-state index is 0. The number of esters is 2. The normalized spacial score (nSPS) is 16.9. The zero-order valence-corrected chi connectivity index (χ0v) is 60.1. The van der Waals surface area contributed by atoms with Crippen LogP contribution in [0, 0.1) is 0 Å². The van der Waals surface area contributed by atoms with Gasteiger partial charge in [0.05, 0.1) is 142 Å². The summed E-state index contributed by atoms with van der Waals surface area (Å²) in [5, 5.41) is 25.5. The van der Waals surface area contributed by atoms with Crippen LogP contribution in [-0.4, -0.2) is 168 Å². The molecule has 15 rings (SSSR count). The van der Waals surface area contributed by atoms with Crippen molar-refractivity contribution in [3.8, 4) is 33.8 Å². The summed E-state index contributed by atoms with van der Waals surface area (Å²) in [6.45, 7) is 8.58. The van der Waals surface area contributed by atoms with Crippen LogP contribution in [0.25, 0.3) is 66.5 Å². The number of carbonyl (C=O) groups is 6. The SMILES string of the molecule is C1COCCN1.COC(=O)c1ccc2c(C3CCCCC3)c(-c3ccoc3)n(CC(=O)N3CCOCC3)c2c1.COC(=O)c1ccc2c(C3CCCCC3)c(-c3ccoc3)n(CC(=O)O)c2c1.O=C(O)c1ccc2c(C3CCCCC3)c(-c3ccoc3)n(CC(=O)N3CCOCC3)c2c1.[Na+].[OH-]. The molecule has 3 aliphatic carbocycles. The van der Waals surface area contributed by atoms with Crippen LogP contribution in [-0.2, 0) is 57.7 Å². The molecule has 3 aliphatic heterocycles. The maximum atomic E-state index is 13.3. The molecule has 0 unspecified atom stereocenters. The molecular weight excluding hydrogens is 1300 g/mol. The molecule has 9 heterocycles. The average molecular weight is 1400 g/mol. The summed E-state index contributed by atoms with van der Waals surface area (Å²) in [4.78, 5) is 78.0. The summed E-state index contributed by atoms with van der Waals surface area (Å²) in [5.74, 6) is -1.49. The third-order valence-electron chi connectivity index (χ3n) is 20.3. The Bertz CT molecular complexity index is 4220. The van der Waals surface area contributed by atoms with Crippen molar-refractivity contribution >= 4 is 68.4 Å². The third-order valence-corrected chi connectivity index (χ3v) is 20.3. The van der Waals surface area contributed by atoms with Crippen LogP contribution in [0.3, 0.4) is 0 Å². The van der Waals surface area contributed by atoms with Crippen LogP contribution in [0.2, 0.25) is 0 Å². The molecule has 9 aromatic rings. The Labute approximate surface area is 608 Å². The first-order valence-electron chi connectivity index (χ1n) is 35.1. The number of carboxylic acid groups (broad SMARTS) is 2. The summed E-state index contributed by atoms with van der Waals surface area (Å²) in [7, 11) is 2.73. The van der Waals surface area contributed by atoms with Gasteiger partial charge in [-0.2, -0.15) is 0 Å². The number of furan rings is 3. The van der Waals surface area contributed by atoms with Gasteiger partial charge < -0.3 is 81.4 Å². The van der Waals surface area contributed by atoms with Crippen LogP contribution in [0.4, 0.5) is 0 Å². The molecule has 3 aromatic carbocycles. The van der Waals surface area contributed by atoms with Crippen LogP contribution in [0.5, 0.6) is 0 Å². The summed E-state index contributed by atoms with van der Waals surface area (Å²) in [5.41, 5.74) is 12.8. The quantitative estimate of drug-likeness (QED) is 0.0635. The maximum absolute atomic E-state index is 13.3. The smallest absolute Gasteiger partial charge is 0.870 e. The number of rotatable bonds is 15. The number of carbonyl (C=O) groups excluding carboxylic acids is 4. The third kappa shape index (κ3) is 17.5. The minimum atomic E-state index is -0.969. The molecule has 532 valence electrons. The Balaban J connectivity index is 0.000000155. The second kappa shape index (κ2) is 36.1. The van der Waals surface area contributed by atoms with E-state index in [1.807, 2.05) is 62.9 Å². The van der Waals surface area contributed by atoms with Gasteiger partial charge in [-0.25, -0.2) is 14.4 Å². The van der Waals surface area contributed by atoms with E-state index in [4.69, 9.17) is 36.9 Å². The van der Waals surface area contributed by atoms with E-state index in [1.54, 1.807) is 66.4 Å². The number of nitrogens with one attached hydrogen (secondary N) is 1. The number of benzene rings is 3. The molecule has 3 saturated heterocycles. The van der Waals surface area contributed by atoms with Gasteiger partial charge in [-0.1, -0.05) is 76.0 Å². The predicted molar refractivity (Wildman–Crippen MR) is 374 cm³/mol. The predicted octanol–water partition coefficient (Wildman–Crippen LogP) is 10.4. The first kappa shape index (κ1) is 75.4. The Morgan fingerprint density at radius 3 is 1.06 bits per heavy atom. The van der Waals surface area contributed by atoms with E-state index in [2.05, 4.69) is 9.88 Å². The van der Waals surface area contributed by atoms with Gasteiger partial charge in [-0.15, -0.1) is 0 Å². The fourth-order valence-corrected chi connectivity index (χ4v) is 15.5. The van der Waals surface area contributed by atoms with Gasteiger partial charge in [0.25, 0.3) is 0 Å². The van der Waals surface area contributed by atoms with Crippen molar-refractivity contribution in [1.29, 1.82) is 0 Å². The van der Waals surface area contributed by atoms with Gasteiger partial charge in [0.1, 0.15) is 19.6 Å². The number of hydrogen-bond donors (Lipinski definition) is 3. The number of aromatic nitrogens is 3. The molecule has 4 N–H and O–H groups in total. The van der Waals surface area contributed by atoms with Crippen molar-refractivity contribution in [2.75, 3.05) is 93.1 Å². The van der Waals surface area contributed by atoms with Gasteiger partial charge in [0, 0.05) is 72.1 Å². The minimum Gasteiger partial charge on any atom is -0.870 e. The van der Waals surface area contributed by atoms with E-state index >= 15 is 0 Å². The number of carboxylic acids is 2. The molecule has 3 saturated carbocycles. The molecule has 0 atom stereocenters. The first-order chi connectivity index (χ1) is 48.4. The van der Waals surface area contributed by atoms with Crippen molar-refractivity contribution in [2.45, 2.75) is 134 Å².